The number of benzene rings is 2. The van der Waals surface area contributed by atoms with E-state index in [4.69, 9.17) is 5.26 Å². The van der Waals surface area contributed by atoms with Crippen molar-refractivity contribution in [2.45, 2.75) is 20.4 Å². The summed E-state index contributed by atoms with van der Waals surface area (Å²) >= 11 is 0. The van der Waals surface area contributed by atoms with Crippen LogP contribution < -0.4 is 5.56 Å². The Morgan fingerprint density at radius 1 is 1.08 bits per heavy atom. The normalized spacial score (nSPS) is 10.6. The quantitative estimate of drug-likeness (QED) is 0.540. The maximum atomic E-state index is 12.9. The third kappa shape index (κ3) is 2.76. The van der Waals surface area contributed by atoms with E-state index >= 15 is 0 Å². The molecule has 0 spiro atoms. The number of hydrogen-bond donors (Lipinski definition) is 0. The molecule has 0 bridgehead atoms. The Morgan fingerprint density at radius 2 is 1.72 bits per heavy atom. The minimum atomic E-state index is -0.486. The maximum absolute atomic E-state index is 12.9. The van der Waals surface area contributed by atoms with Gasteiger partial charge in [-0.25, -0.2) is 0 Å². The Hall–Kier alpha value is -3.46. The predicted molar refractivity (Wildman–Crippen MR) is 95.4 cm³/mol. The van der Waals surface area contributed by atoms with Gasteiger partial charge in [-0.1, -0.05) is 41.5 Å². The zero-order valence-electron chi connectivity index (χ0n) is 13.8. The summed E-state index contributed by atoms with van der Waals surface area (Å²) < 4.78 is 1.19. The van der Waals surface area contributed by atoms with Crippen LogP contribution in [0, 0.1) is 35.3 Å². The van der Waals surface area contributed by atoms with Crippen LogP contribution in [-0.2, 0) is 6.54 Å². The van der Waals surface area contributed by atoms with Gasteiger partial charge in [-0.15, -0.1) is 0 Å². The number of nitro groups is 1. The second-order valence-corrected chi connectivity index (χ2v) is 5.92. The highest BCUT2D eigenvalue weighted by atomic mass is 16.6. The minimum absolute atomic E-state index is 0.159. The molecule has 6 heteroatoms. The molecule has 3 rings (SSSR count). The van der Waals surface area contributed by atoms with E-state index in [1.165, 1.54) is 4.57 Å². The number of fused-ring (bicyclic) bond motifs is 1. The number of nitrogens with zero attached hydrogens (tertiary/aromatic N) is 3. The first-order valence-electron chi connectivity index (χ1n) is 7.69. The van der Waals surface area contributed by atoms with Crippen LogP contribution in [0.2, 0.25) is 0 Å². The van der Waals surface area contributed by atoms with Gasteiger partial charge in [0.05, 0.1) is 21.8 Å². The second kappa shape index (κ2) is 6.21. The molecule has 0 atom stereocenters. The lowest BCUT2D eigenvalue weighted by Gasteiger charge is -2.14. The van der Waals surface area contributed by atoms with Gasteiger partial charge < -0.3 is 0 Å². The first-order chi connectivity index (χ1) is 11.9. The zero-order valence-corrected chi connectivity index (χ0v) is 13.8. The SMILES string of the molecule is Cc1ccc(-c2c([N+](=O)[O-])c3ccc(C)cc3c(=O)n2CC#N)cc1. The van der Waals surface area contributed by atoms with E-state index in [2.05, 4.69) is 0 Å². The zero-order chi connectivity index (χ0) is 18.1. The van der Waals surface area contributed by atoms with Crippen molar-refractivity contribution >= 4 is 16.5 Å². The van der Waals surface area contributed by atoms with Crippen molar-refractivity contribution in [3.8, 4) is 17.3 Å². The number of aromatic nitrogens is 1. The number of hydrogen-bond acceptors (Lipinski definition) is 4. The summed E-state index contributed by atoms with van der Waals surface area (Å²) in [6.07, 6.45) is 0. The molecule has 0 aliphatic rings. The van der Waals surface area contributed by atoms with Crippen molar-refractivity contribution in [1.29, 1.82) is 5.26 Å². The highest BCUT2D eigenvalue weighted by molar-refractivity contribution is 5.96. The Labute approximate surface area is 143 Å². The number of nitriles is 1. The Bertz CT molecular complexity index is 1090. The molecule has 0 N–H and O–H groups in total. The molecule has 0 radical (unpaired) electrons. The molecular formula is C19H15N3O3. The van der Waals surface area contributed by atoms with Gasteiger partial charge in [0.2, 0.25) is 0 Å². The molecule has 124 valence electrons. The number of aryl methyl sites for hydroxylation is 2. The van der Waals surface area contributed by atoms with Gasteiger partial charge >= 0.3 is 5.69 Å². The van der Waals surface area contributed by atoms with Crippen molar-refractivity contribution in [2.75, 3.05) is 0 Å². The summed E-state index contributed by atoms with van der Waals surface area (Å²) in [7, 11) is 0. The summed E-state index contributed by atoms with van der Waals surface area (Å²) in [5, 5.41) is 21.5. The van der Waals surface area contributed by atoms with Gasteiger partial charge in [-0.05, 0) is 26.0 Å². The Morgan fingerprint density at radius 3 is 2.32 bits per heavy atom. The molecule has 0 saturated heterocycles. The fraction of sp³-hybridized carbons (Fsp3) is 0.158. The van der Waals surface area contributed by atoms with Crippen molar-refractivity contribution in [1.82, 2.24) is 4.57 Å². The molecule has 0 aliphatic heterocycles. The van der Waals surface area contributed by atoms with E-state index < -0.39 is 10.5 Å². The summed E-state index contributed by atoms with van der Waals surface area (Å²) in [5.74, 6) is 0. The topological polar surface area (TPSA) is 88.9 Å². The molecule has 0 aliphatic carbocycles. The van der Waals surface area contributed by atoms with Gasteiger partial charge in [0.1, 0.15) is 12.2 Å². The highest BCUT2D eigenvalue weighted by Crippen LogP contribution is 2.35. The molecule has 1 heterocycles. The molecule has 3 aromatic rings. The van der Waals surface area contributed by atoms with Gasteiger partial charge in [0.15, 0.2) is 0 Å². The lowest BCUT2D eigenvalue weighted by Crippen LogP contribution is -2.23. The molecule has 1 aromatic heterocycles. The highest BCUT2D eigenvalue weighted by Gasteiger charge is 2.26. The molecule has 6 nitrogen and oxygen atoms in total. The van der Waals surface area contributed by atoms with Crippen LogP contribution in [0.3, 0.4) is 0 Å². The van der Waals surface area contributed by atoms with Gasteiger partial charge in [-0.2, -0.15) is 5.26 Å². The van der Waals surface area contributed by atoms with Crippen molar-refractivity contribution in [2.24, 2.45) is 0 Å². The van der Waals surface area contributed by atoms with E-state index in [0.29, 0.717) is 5.56 Å². The minimum Gasteiger partial charge on any atom is -0.288 e. The summed E-state index contributed by atoms with van der Waals surface area (Å²) in [4.78, 5) is 24.2. The van der Waals surface area contributed by atoms with Crippen LogP contribution in [-0.4, -0.2) is 9.49 Å². The van der Waals surface area contributed by atoms with Gasteiger partial charge in [0, 0.05) is 5.56 Å². The largest absolute Gasteiger partial charge is 0.301 e. The lowest BCUT2D eigenvalue weighted by atomic mass is 10.0. The van der Waals surface area contributed by atoms with Crippen LogP contribution >= 0.6 is 0 Å². The third-order valence-electron chi connectivity index (χ3n) is 4.14. The van der Waals surface area contributed by atoms with Crippen LogP contribution in [0.5, 0.6) is 0 Å². The lowest BCUT2D eigenvalue weighted by molar-refractivity contribution is -0.382. The Balaban J connectivity index is 2.55. The Kier molecular flexibility index (Phi) is 4.07. The standard InChI is InChI=1S/C19H15N3O3/c1-12-3-6-14(7-4-12)17-18(22(24)25)15-8-5-13(2)11-16(15)19(23)21(17)10-9-20/h3-8,11H,10H2,1-2H3. The molecule has 25 heavy (non-hydrogen) atoms. The average molecular weight is 333 g/mol. The van der Waals surface area contributed by atoms with E-state index in [9.17, 15) is 14.9 Å². The van der Waals surface area contributed by atoms with Crippen LogP contribution in [0.25, 0.3) is 22.0 Å². The second-order valence-electron chi connectivity index (χ2n) is 5.92. The first-order valence-corrected chi connectivity index (χ1v) is 7.69. The summed E-state index contributed by atoms with van der Waals surface area (Å²) in [6.45, 7) is 3.46. The third-order valence-corrected chi connectivity index (χ3v) is 4.14. The van der Waals surface area contributed by atoms with Crippen molar-refractivity contribution in [3.63, 3.8) is 0 Å². The van der Waals surface area contributed by atoms with E-state index in [1.54, 1.807) is 30.3 Å². The molecule has 0 saturated carbocycles. The van der Waals surface area contributed by atoms with E-state index in [0.717, 1.165) is 11.1 Å². The smallest absolute Gasteiger partial charge is 0.288 e. The van der Waals surface area contributed by atoms with E-state index in [-0.39, 0.29) is 28.7 Å². The average Bonchev–Trinajstić information content (AvgIpc) is 2.58. The van der Waals surface area contributed by atoms with E-state index in [1.807, 2.05) is 32.0 Å². The summed E-state index contributed by atoms with van der Waals surface area (Å²) in [5.41, 5.74) is 1.96. The van der Waals surface area contributed by atoms with Crippen LogP contribution in [0.4, 0.5) is 5.69 Å². The van der Waals surface area contributed by atoms with Crippen LogP contribution in [0.15, 0.2) is 47.3 Å². The molecule has 0 amide bonds. The predicted octanol–water partition coefficient (Wildman–Crippen LogP) is 3.72. The van der Waals surface area contributed by atoms with Gasteiger partial charge in [-0.3, -0.25) is 19.5 Å². The number of pyridine rings is 1. The molecule has 0 fully saturated rings. The molecular weight excluding hydrogens is 318 g/mol. The summed E-state index contributed by atoms with van der Waals surface area (Å²) in [6, 6.07) is 14.0. The van der Waals surface area contributed by atoms with Crippen molar-refractivity contribution in [3.05, 3.63) is 74.1 Å². The van der Waals surface area contributed by atoms with Crippen molar-refractivity contribution < 1.29 is 4.92 Å². The molecule has 2 aromatic carbocycles. The van der Waals surface area contributed by atoms with Crippen LogP contribution in [0.1, 0.15) is 11.1 Å². The number of rotatable bonds is 3. The first kappa shape index (κ1) is 16.4. The van der Waals surface area contributed by atoms with Gasteiger partial charge in [0.25, 0.3) is 5.56 Å². The maximum Gasteiger partial charge on any atom is 0.301 e. The fourth-order valence-corrected chi connectivity index (χ4v) is 2.95. The molecule has 0 unspecified atom stereocenters. The monoisotopic (exact) mass is 333 g/mol. The fourth-order valence-electron chi connectivity index (χ4n) is 2.95.